The highest BCUT2D eigenvalue weighted by Crippen LogP contribution is 2.32. The van der Waals surface area contributed by atoms with Gasteiger partial charge >= 0.3 is 0 Å². The Hall–Kier alpha value is -1.73. The minimum atomic E-state index is -0.0731. The Morgan fingerprint density at radius 3 is 3.00 bits per heavy atom. The van der Waals surface area contributed by atoms with Gasteiger partial charge < -0.3 is 15.1 Å². The molecule has 0 aliphatic carbocycles. The van der Waals surface area contributed by atoms with E-state index in [1.54, 1.807) is 17.7 Å². The Kier molecular flexibility index (Phi) is 3.67. The maximum absolute atomic E-state index is 12.9. The van der Waals surface area contributed by atoms with Crippen molar-refractivity contribution < 1.29 is 4.79 Å². The van der Waals surface area contributed by atoms with Gasteiger partial charge in [-0.05, 0) is 24.3 Å². The summed E-state index contributed by atoms with van der Waals surface area (Å²) < 4.78 is 0. The minimum absolute atomic E-state index is 0.0731. The molecule has 0 aromatic carbocycles. The maximum atomic E-state index is 12.9. The SMILES string of the molecule is O=C(C1CCCN1c1ncnc2sccc12)N1CCNCC1. The molecule has 2 aromatic heterocycles. The van der Waals surface area contributed by atoms with Gasteiger partial charge in [-0.3, -0.25) is 4.79 Å². The van der Waals surface area contributed by atoms with E-state index in [-0.39, 0.29) is 11.9 Å². The molecule has 0 bridgehead atoms. The van der Waals surface area contributed by atoms with Crippen LogP contribution in [0.3, 0.4) is 0 Å². The van der Waals surface area contributed by atoms with Gasteiger partial charge in [0.2, 0.25) is 5.91 Å². The average molecular weight is 317 g/mol. The third-order valence-corrected chi connectivity index (χ3v) is 5.30. The molecule has 6 nitrogen and oxygen atoms in total. The van der Waals surface area contributed by atoms with Crippen molar-refractivity contribution in [3.63, 3.8) is 0 Å². The molecule has 1 N–H and O–H groups in total. The first-order valence-electron chi connectivity index (χ1n) is 7.79. The number of carbonyl (C=O) groups excluding carboxylic acids is 1. The topological polar surface area (TPSA) is 61.4 Å². The lowest BCUT2D eigenvalue weighted by Crippen LogP contribution is -2.52. The van der Waals surface area contributed by atoms with Gasteiger partial charge in [-0.2, -0.15) is 0 Å². The molecule has 1 amide bonds. The van der Waals surface area contributed by atoms with Crippen molar-refractivity contribution in [1.82, 2.24) is 20.2 Å². The van der Waals surface area contributed by atoms with Crippen LogP contribution in [0, 0.1) is 0 Å². The lowest BCUT2D eigenvalue weighted by molar-refractivity contribution is -0.133. The second-order valence-electron chi connectivity index (χ2n) is 5.76. The Morgan fingerprint density at radius 1 is 1.27 bits per heavy atom. The molecular formula is C15H19N5OS. The summed E-state index contributed by atoms with van der Waals surface area (Å²) in [5.74, 6) is 1.17. The van der Waals surface area contributed by atoms with Gasteiger partial charge in [0.1, 0.15) is 23.0 Å². The highest BCUT2D eigenvalue weighted by Gasteiger charge is 2.35. The van der Waals surface area contributed by atoms with E-state index in [0.717, 1.165) is 61.6 Å². The van der Waals surface area contributed by atoms with Gasteiger partial charge in [-0.25, -0.2) is 9.97 Å². The standard InChI is InChI=1S/C15H19N5OS/c21-15(19-7-4-16-5-8-19)12-2-1-6-20(12)13-11-3-9-22-14(11)18-10-17-13/h3,9-10,12,16H,1-2,4-8H2. The first kappa shape index (κ1) is 13.9. The van der Waals surface area contributed by atoms with E-state index in [1.807, 2.05) is 10.3 Å². The first-order chi connectivity index (χ1) is 10.8. The summed E-state index contributed by atoms with van der Waals surface area (Å²) in [6, 6.07) is 1.98. The number of rotatable bonds is 2. The normalized spacial score (nSPS) is 22.5. The van der Waals surface area contributed by atoms with Crippen LogP contribution in [0.1, 0.15) is 12.8 Å². The van der Waals surface area contributed by atoms with Crippen molar-refractivity contribution in [2.75, 3.05) is 37.6 Å². The molecule has 2 aliphatic rings. The zero-order chi connectivity index (χ0) is 14.9. The largest absolute Gasteiger partial charge is 0.344 e. The Balaban J connectivity index is 1.63. The number of carbonyl (C=O) groups is 1. The van der Waals surface area contributed by atoms with Crippen molar-refractivity contribution in [2.45, 2.75) is 18.9 Å². The molecule has 2 fully saturated rings. The molecule has 2 aliphatic heterocycles. The van der Waals surface area contributed by atoms with Crippen molar-refractivity contribution in [3.8, 4) is 0 Å². The molecule has 1 atom stereocenters. The van der Waals surface area contributed by atoms with E-state index in [1.165, 1.54) is 0 Å². The van der Waals surface area contributed by atoms with Crippen LogP contribution in [-0.4, -0.2) is 59.5 Å². The predicted molar refractivity (Wildman–Crippen MR) is 87.2 cm³/mol. The van der Waals surface area contributed by atoms with Crippen molar-refractivity contribution >= 4 is 33.3 Å². The number of nitrogens with one attached hydrogen (secondary N) is 1. The van der Waals surface area contributed by atoms with Gasteiger partial charge in [0.05, 0.1) is 5.39 Å². The molecule has 0 radical (unpaired) electrons. The number of piperazine rings is 1. The summed E-state index contributed by atoms with van der Waals surface area (Å²) >= 11 is 1.62. The van der Waals surface area contributed by atoms with Crippen LogP contribution < -0.4 is 10.2 Å². The molecule has 2 aromatic rings. The molecule has 1 unspecified atom stereocenters. The number of amides is 1. The Labute approximate surface area is 133 Å². The molecule has 116 valence electrons. The van der Waals surface area contributed by atoms with E-state index >= 15 is 0 Å². The van der Waals surface area contributed by atoms with Gasteiger partial charge in [-0.15, -0.1) is 11.3 Å². The molecule has 22 heavy (non-hydrogen) atoms. The highest BCUT2D eigenvalue weighted by molar-refractivity contribution is 7.16. The molecule has 0 saturated carbocycles. The Bertz CT molecular complexity index is 681. The number of fused-ring (bicyclic) bond motifs is 1. The van der Waals surface area contributed by atoms with Crippen LogP contribution in [0.5, 0.6) is 0 Å². The van der Waals surface area contributed by atoms with Crippen LogP contribution in [0.4, 0.5) is 5.82 Å². The summed E-state index contributed by atoms with van der Waals surface area (Å²) in [7, 11) is 0. The minimum Gasteiger partial charge on any atom is -0.344 e. The molecular weight excluding hydrogens is 298 g/mol. The summed E-state index contributed by atoms with van der Waals surface area (Å²) in [6.45, 7) is 4.29. The van der Waals surface area contributed by atoms with Gasteiger partial charge in [0.25, 0.3) is 0 Å². The maximum Gasteiger partial charge on any atom is 0.245 e. The van der Waals surface area contributed by atoms with Crippen LogP contribution in [0.15, 0.2) is 17.8 Å². The van der Waals surface area contributed by atoms with Crippen LogP contribution in [0.25, 0.3) is 10.2 Å². The fourth-order valence-electron chi connectivity index (χ4n) is 3.38. The molecule has 4 heterocycles. The number of hydrogen-bond donors (Lipinski definition) is 1. The van der Waals surface area contributed by atoms with Crippen LogP contribution in [-0.2, 0) is 4.79 Å². The molecule has 7 heteroatoms. The zero-order valence-corrected chi connectivity index (χ0v) is 13.2. The Morgan fingerprint density at radius 2 is 2.14 bits per heavy atom. The molecule has 2 saturated heterocycles. The zero-order valence-electron chi connectivity index (χ0n) is 12.4. The lowest BCUT2D eigenvalue weighted by Gasteiger charge is -2.33. The number of nitrogens with zero attached hydrogens (tertiary/aromatic N) is 4. The quantitative estimate of drug-likeness (QED) is 0.898. The molecule has 0 spiro atoms. The number of aromatic nitrogens is 2. The fraction of sp³-hybridized carbons (Fsp3) is 0.533. The van der Waals surface area contributed by atoms with Crippen molar-refractivity contribution in [2.24, 2.45) is 0 Å². The lowest BCUT2D eigenvalue weighted by atomic mass is 10.1. The number of hydrogen-bond acceptors (Lipinski definition) is 6. The van der Waals surface area contributed by atoms with Crippen LogP contribution in [0.2, 0.25) is 0 Å². The second-order valence-corrected chi connectivity index (χ2v) is 6.66. The van der Waals surface area contributed by atoms with E-state index in [0.29, 0.717) is 0 Å². The first-order valence-corrected chi connectivity index (χ1v) is 8.67. The molecule has 4 rings (SSSR count). The third kappa shape index (κ3) is 2.34. The van der Waals surface area contributed by atoms with E-state index < -0.39 is 0 Å². The fourth-order valence-corrected chi connectivity index (χ4v) is 4.11. The van der Waals surface area contributed by atoms with Crippen LogP contribution >= 0.6 is 11.3 Å². The summed E-state index contributed by atoms with van der Waals surface area (Å²) in [4.78, 5) is 26.8. The number of thiophene rings is 1. The summed E-state index contributed by atoms with van der Waals surface area (Å²) in [5.41, 5.74) is 0. The number of anilines is 1. The van der Waals surface area contributed by atoms with E-state index in [4.69, 9.17) is 0 Å². The highest BCUT2D eigenvalue weighted by atomic mass is 32.1. The average Bonchev–Trinajstić information content (AvgIpc) is 3.23. The van der Waals surface area contributed by atoms with E-state index in [2.05, 4.69) is 26.3 Å². The predicted octanol–water partition coefficient (Wildman–Crippen LogP) is 1.09. The van der Waals surface area contributed by atoms with Gasteiger partial charge in [0, 0.05) is 32.7 Å². The van der Waals surface area contributed by atoms with Gasteiger partial charge in [-0.1, -0.05) is 0 Å². The summed E-state index contributed by atoms with van der Waals surface area (Å²) in [6.07, 6.45) is 3.56. The monoisotopic (exact) mass is 317 g/mol. The second kappa shape index (κ2) is 5.81. The van der Waals surface area contributed by atoms with Crippen molar-refractivity contribution in [3.05, 3.63) is 17.8 Å². The summed E-state index contributed by atoms with van der Waals surface area (Å²) in [5, 5.41) is 6.39. The smallest absolute Gasteiger partial charge is 0.245 e. The van der Waals surface area contributed by atoms with E-state index in [9.17, 15) is 4.79 Å². The van der Waals surface area contributed by atoms with Gasteiger partial charge in [0.15, 0.2) is 0 Å². The third-order valence-electron chi connectivity index (χ3n) is 4.48. The van der Waals surface area contributed by atoms with Crippen molar-refractivity contribution in [1.29, 1.82) is 0 Å².